The number of hydrogen-bond donors (Lipinski definition) is 4. The van der Waals surface area contributed by atoms with Crippen molar-refractivity contribution >= 4 is 18.3 Å². The molecule has 1 heterocycles. The van der Waals surface area contributed by atoms with Gasteiger partial charge in [0.25, 0.3) is 0 Å². The molecule has 0 radical (unpaired) electrons. The number of carbonyl (C=O) groups excluding carboxylic acids is 2. The number of aliphatic carboxylic acids is 1. The highest BCUT2D eigenvalue weighted by Crippen LogP contribution is 2.30. The van der Waals surface area contributed by atoms with Gasteiger partial charge in [-0.2, -0.15) is 0 Å². The van der Waals surface area contributed by atoms with Gasteiger partial charge in [0.1, 0.15) is 18.3 Å². The highest BCUT2D eigenvalue weighted by molar-refractivity contribution is 5.81. The fraction of sp³-hybridized carbons (Fsp3) is 0.537. The quantitative estimate of drug-likeness (QED) is 0.0965. The third kappa shape index (κ3) is 23.4. The first-order valence-corrected chi connectivity index (χ1v) is 18.3. The van der Waals surface area contributed by atoms with E-state index in [-0.39, 0.29) is 17.8 Å². The fourth-order valence-electron chi connectivity index (χ4n) is 4.48. The summed E-state index contributed by atoms with van der Waals surface area (Å²) in [6, 6.07) is 15.3. The molecule has 3 unspecified atom stereocenters. The van der Waals surface area contributed by atoms with E-state index in [0.717, 1.165) is 24.6 Å². The number of aromatic nitrogens is 1. The van der Waals surface area contributed by atoms with Gasteiger partial charge in [0.2, 0.25) is 12.3 Å². The third-order valence-corrected chi connectivity index (χ3v) is 7.14. The van der Waals surface area contributed by atoms with Crippen LogP contribution in [0.25, 0.3) is 11.1 Å². The Balaban J connectivity index is -0.000000745. The molecule has 0 saturated heterocycles. The van der Waals surface area contributed by atoms with Crippen LogP contribution in [-0.2, 0) is 27.3 Å². The molecule has 8 nitrogen and oxygen atoms in total. The minimum Gasteiger partial charge on any atom is -0.481 e. The summed E-state index contributed by atoms with van der Waals surface area (Å²) in [4.78, 5) is 30.7. The lowest BCUT2D eigenvalue weighted by molar-refractivity contribution is -0.145. The van der Waals surface area contributed by atoms with Crippen LogP contribution in [0, 0.1) is 28.9 Å². The second-order valence-corrected chi connectivity index (χ2v) is 12.5. The SMILES string of the molecule is CC.CC.CC.CC(C)(C)Cc1cc(-c2cc(F)ccc2F)cn1Cc1ccccc1.CCC(C)C(CC(N)=O)C(=O)O.NC(CF)CCNC=O. The molecule has 3 rings (SSSR count). The summed E-state index contributed by atoms with van der Waals surface area (Å²) in [6.07, 6.45) is 4.53. The molecule has 0 spiro atoms. The van der Waals surface area contributed by atoms with E-state index in [2.05, 4.69) is 42.8 Å². The average Bonchev–Trinajstić information content (AvgIpc) is 3.51. The van der Waals surface area contributed by atoms with Gasteiger partial charge in [0, 0.05) is 48.6 Å². The van der Waals surface area contributed by atoms with Gasteiger partial charge in [0.15, 0.2) is 0 Å². The zero-order chi connectivity index (χ0) is 40.9. The van der Waals surface area contributed by atoms with E-state index in [0.29, 0.717) is 37.0 Å². The molecule has 0 bridgehead atoms. The number of benzene rings is 2. The number of nitrogens with one attached hydrogen (secondary N) is 1. The van der Waals surface area contributed by atoms with Gasteiger partial charge in [-0.15, -0.1) is 0 Å². The Bertz CT molecular complexity index is 1360. The van der Waals surface area contributed by atoms with Crippen LogP contribution in [0.5, 0.6) is 0 Å². The predicted molar refractivity (Wildman–Crippen MR) is 210 cm³/mol. The number of hydrogen-bond acceptors (Lipinski definition) is 4. The van der Waals surface area contributed by atoms with Crippen molar-refractivity contribution in [2.75, 3.05) is 13.2 Å². The fourth-order valence-corrected chi connectivity index (χ4v) is 4.48. The van der Waals surface area contributed by atoms with Gasteiger partial charge in [-0.1, -0.05) is 113 Å². The Morgan fingerprint density at radius 2 is 1.56 bits per heavy atom. The maximum atomic E-state index is 14.2. The third-order valence-electron chi connectivity index (χ3n) is 7.14. The summed E-state index contributed by atoms with van der Waals surface area (Å²) in [5.41, 5.74) is 13.5. The summed E-state index contributed by atoms with van der Waals surface area (Å²) in [5.74, 6) is -2.96. The minimum absolute atomic E-state index is 0.00463. The molecule has 0 fully saturated rings. The highest BCUT2D eigenvalue weighted by atomic mass is 19.1. The summed E-state index contributed by atoms with van der Waals surface area (Å²) in [6.45, 7) is 22.9. The average molecular weight is 737 g/mol. The van der Waals surface area contributed by atoms with Crippen LogP contribution in [0.4, 0.5) is 13.2 Å². The molecule has 3 aromatic rings. The molecule has 11 heteroatoms. The van der Waals surface area contributed by atoms with E-state index in [1.807, 2.05) is 85.9 Å². The summed E-state index contributed by atoms with van der Waals surface area (Å²) < 4.78 is 41.5. The molecule has 0 aliphatic carbocycles. The molecule has 2 aromatic carbocycles. The van der Waals surface area contributed by atoms with Gasteiger partial charge in [0.05, 0.1) is 5.92 Å². The van der Waals surface area contributed by atoms with Crippen LogP contribution in [0.15, 0.2) is 60.8 Å². The second-order valence-electron chi connectivity index (χ2n) is 12.5. The van der Waals surface area contributed by atoms with Gasteiger partial charge < -0.3 is 26.5 Å². The maximum Gasteiger partial charge on any atom is 0.307 e. The Labute approximate surface area is 311 Å². The van der Waals surface area contributed by atoms with Crippen LogP contribution < -0.4 is 16.8 Å². The molecule has 6 N–H and O–H groups in total. The monoisotopic (exact) mass is 737 g/mol. The number of nitrogens with two attached hydrogens (primary N) is 2. The molecule has 1 aromatic heterocycles. The van der Waals surface area contributed by atoms with E-state index in [9.17, 15) is 27.6 Å². The molecule has 296 valence electrons. The first-order valence-electron chi connectivity index (χ1n) is 18.3. The molecule has 0 saturated carbocycles. The molecular weight excluding hydrogens is 669 g/mol. The van der Waals surface area contributed by atoms with Crippen molar-refractivity contribution in [1.29, 1.82) is 0 Å². The molecule has 52 heavy (non-hydrogen) atoms. The largest absolute Gasteiger partial charge is 0.481 e. The molecule has 3 atom stereocenters. The maximum absolute atomic E-state index is 14.2. The number of primary amides is 1. The van der Waals surface area contributed by atoms with Crippen LogP contribution in [-0.4, -0.2) is 47.2 Å². The summed E-state index contributed by atoms with van der Waals surface area (Å²) >= 11 is 0. The van der Waals surface area contributed by atoms with Gasteiger partial charge in [-0.25, -0.2) is 13.2 Å². The van der Waals surface area contributed by atoms with Crippen LogP contribution in [0.3, 0.4) is 0 Å². The number of amides is 2. The molecule has 2 amide bonds. The standard InChI is InChI=1S/C22H23F2N.C8H15NO3.C5H11FN2O.3C2H6/c1-22(2,3)13-19-11-17(20-12-18(23)9-10-21(20)24)15-25(19)14-16-7-5-4-6-8-16;1-3-5(2)6(8(11)12)4-7(9)10;6-3-5(7)1-2-8-4-9;3*1-2/h4-12,15H,13-14H2,1-3H3;5-6H,3-4H2,1-2H3,(H2,9,10)(H,11,12);4-5H,1-3,7H2,(H,8,9);3*1-2H3. The Morgan fingerprint density at radius 1 is 0.981 bits per heavy atom. The normalized spacial score (nSPS) is 11.7. The topological polar surface area (TPSA) is 140 Å². The lowest BCUT2D eigenvalue weighted by Crippen LogP contribution is -2.27. The number of carboxylic acid groups (broad SMARTS) is 1. The Hall–Kier alpha value is -4.12. The second kappa shape index (κ2) is 30.5. The number of halogens is 3. The zero-order valence-electron chi connectivity index (χ0n) is 33.4. The van der Waals surface area contributed by atoms with E-state index < -0.39 is 42.1 Å². The Morgan fingerprint density at radius 3 is 2.02 bits per heavy atom. The van der Waals surface area contributed by atoms with E-state index in [1.54, 1.807) is 0 Å². The van der Waals surface area contributed by atoms with E-state index in [4.69, 9.17) is 16.6 Å². The molecular formula is C41H67F3N4O4. The lowest BCUT2D eigenvalue weighted by Gasteiger charge is -2.19. The highest BCUT2D eigenvalue weighted by Gasteiger charge is 2.25. The number of alkyl halides is 1. The van der Waals surface area contributed by atoms with E-state index >= 15 is 0 Å². The number of carbonyl (C=O) groups is 3. The van der Waals surface area contributed by atoms with Gasteiger partial charge in [-0.05, 0) is 54.0 Å². The van der Waals surface area contributed by atoms with Gasteiger partial charge in [-0.3, -0.25) is 14.4 Å². The van der Waals surface area contributed by atoms with Crippen LogP contribution in [0.2, 0.25) is 0 Å². The smallest absolute Gasteiger partial charge is 0.307 e. The lowest BCUT2D eigenvalue weighted by atomic mass is 9.89. The van der Waals surface area contributed by atoms with Crippen LogP contribution in [0.1, 0.15) is 107 Å². The number of nitrogens with zero attached hydrogens (tertiary/aromatic N) is 1. The van der Waals surface area contributed by atoms with E-state index in [1.165, 1.54) is 17.7 Å². The first kappa shape index (κ1) is 52.2. The Kier molecular flexibility index (Phi) is 30.6. The summed E-state index contributed by atoms with van der Waals surface area (Å²) in [7, 11) is 0. The van der Waals surface area contributed by atoms with Gasteiger partial charge >= 0.3 is 5.97 Å². The van der Waals surface area contributed by atoms with Crippen molar-refractivity contribution in [2.45, 2.75) is 114 Å². The van der Waals surface area contributed by atoms with Crippen molar-refractivity contribution < 1.29 is 32.7 Å². The number of carboxylic acids is 1. The van der Waals surface area contributed by atoms with Crippen LogP contribution >= 0.6 is 0 Å². The van der Waals surface area contributed by atoms with Crippen molar-refractivity contribution in [3.8, 4) is 11.1 Å². The molecule has 0 aliphatic heterocycles. The predicted octanol–water partition coefficient (Wildman–Crippen LogP) is 9.18. The number of rotatable bonds is 14. The van der Waals surface area contributed by atoms with Crippen molar-refractivity contribution in [3.05, 3.63) is 83.7 Å². The zero-order valence-corrected chi connectivity index (χ0v) is 33.4. The summed E-state index contributed by atoms with van der Waals surface area (Å²) in [5, 5.41) is 11.1. The van der Waals surface area contributed by atoms with Crippen molar-refractivity contribution in [1.82, 2.24) is 9.88 Å². The van der Waals surface area contributed by atoms with Crippen molar-refractivity contribution in [2.24, 2.45) is 28.7 Å². The van der Waals surface area contributed by atoms with Crippen molar-refractivity contribution in [3.63, 3.8) is 0 Å². The molecule has 0 aliphatic rings. The minimum atomic E-state index is -0.942. The first-order chi connectivity index (χ1) is 24.6.